The summed E-state index contributed by atoms with van der Waals surface area (Å²) in [6, 6.07) is 8.25. The van der Waals surface area contributed by atoms with Crippen LogP contribution in [0.5, 0.6) is 0 Å². The van der Waals surface area contributed by atoms with Crippen molar-refractivity contribution in [2.45, 2.75) is 0 Å². The van der Waals surface area contributed by atoms with Crippen LogP contribution in [0, 0.1) is 0 Å². The molecule has 0 radical (unpaired) electrons. The molecular formula is C7H10MgO4. The summed E-state index contributed by atoms with van der Waals surface area (Å²) in [4.78, 5) is 14.0. The number of rotatable bonds is 1. The minimum Gasteiger partial charge on any atom is -1.00 e. The van der Waals surface area contributed by atoms with E-state index in [0.29, 0.717) is 5.56 Å². The third-order valence-electron chi connectivity index (χ3n) is 1.09. The molecule has 0 fully saturated rings. The largest absolute Gasteiger partial charge is 2.00 e. The fourth-order valence-corrected chi connectivity index (χ4v) is 0.627. The van der Waals surface area contributed by atoms with Crippen molar-refractivity contribution in [1.82, 2.24) is 0 Å². The molecule has 1 aromatic carbocycles. The van der Waals surface area contributed by atoms with Crippen LogP contribution in [0.4, 0.5) is 0 Å². The Bertz CT molecular complexity index is 232. The second kappa shape index (κ2) is 7.05. The first kappa shape index (κ1) is 13.9. The van der Waals surface area contributed by atoms with E-state index in [1.54, 1.807) is 30.3 Å². The quantitative estimate of drug-likeness (QED) is 0.386. The number of benzene rings is 1. The molecule has 0 spiro atoms. The van der Waals surface area contributed by atoms with Crippen LogP contribution in [-0.2, 0) is 4.89 Å². The van der Waals surface area contributed by atoms with Crippen LogP contribution in [0.15, 0.2) is 30.3 Å². The summed E-state index contributed by atoms with van der Waals surface area (Å²) in [5, 5.41) is 7.94. The molecule has 5 heteroatoms. The molecule has 0 saturated heterocycles. The summed E-state index contributed by atoms with van der Waals surface area (Å²) in [6.45, 7) is 0. The summed E-state index contributed by atoms with van der Waals surface area (Å²) >= 11 is 0. The van der Waals surface area contributed by atoms with E-state index in [9.17, 15) is 4.79 Å². The van der Waals surface area contributed by atoms with E-state index in [0.717, 1.165) is 0 Å². The Hall–Kier alpha value is -0.624. The monoisotopic (exact) mass is 182 g/mol. The fourth-order valence-electron chi connectivity index (χ4n) is 0.627. The summed E-state index contributed by atoms with van der Waals surface area (Å²) in [5.41, 5.74) is 0.338. The van der Waals surface area contributed by atoms with Crippen molar-refractivity contribution < 1.29 is 23.3 Å². The molecule has 4 nitrogen and oxygen atoms in total. The number of carbonyl (C=O) groups is 1. The molecule has 0 aliphatic carbocycles. The van der Waals surface area contributed by atoms with E-state index in [2.05, 4.69) is 4.89 Å². The van der Waals surface area contributed by atoms with Crippen LogP contribution in [0.25, 0.3) is 0 Å². The minimum atomic E-state index is -0.736. The number of carbonyl (C=O) groups excluding carboxylic acids is 1. The predicted molar refractivity (Wildman–Crippen MR) is 46.1 cm³/mol. The van der Waals surface area contributed by atoms with Crippen molar-refractivity contribution in [3.63, 3.8) is 0 Å². The SMILES string of the molecule is O.O=C(OO)c1ccccc1.[H-].[H-].[Mg+2]. The molecule has 64 valence electrons. The molecule has 0 amide bonds. The predicted octanol–water partition coefficient (Wildman–Crippen LogP) is 0.336. The van der Waals surface area contributed by atoms with E-state index in [1.165, 1.54) is 0 Å². The average molecular weight is 182 g/mol. The van der Waals surface area contributed by atoms with Gasteiger partial charge in [0, 0.05) is 0 Å². The molecule has 0 aliphatic heterocycles. The van der Waals surface area contributed by atoms with Gasteiger partial charge in [0.1, 0.15) is 0 Å². The van der Waals surface area contributed by atoms with Crippen LogP contribution in [-0.4, -0.2) is 39.8 Å². The molecular weight excluding hydrogens is 172 g/mol. The van der Waals surface area contributed by atoms with E-state index < -0.39 is 5.97 Å². The topological polar surface area (TPSA) is 78.0 Å². The Balaban J connectivity index is -0.000000125. The van der Waals surface area contributed by atoms with Gasteiger partial charge in [0.25, 0.3) is 0 Å². The Morgan fingerprint density at radius 3 is 2.25 bits per heavy atom. The number of hydrogen-bond donors (Lipinski definition) is 1. The number of hydrogen-bond acceptors (Lipinski definition) is 3. The summed E-state index contributed by atoms with van der Waals surface area (Å²) in [7, 11) is 0. The zero-order chi connectivity index (χ0) is 7.40. The maximum absolute atomic E-state index is 10.5. The van der Waals surface area contributed by atoms with Crippen LogP contribution < -0.4 is 0 Å². The molecule has 0 unspecified atom stereocenters. The van der Waals surface area contributed by atoms with E-state index >= 15 is 0 Å². The van der Waals surface area contributed by atoms with E-state index in [4.69, 9.17) is 5.26 Å². The fraction of sp³-hybridized carbons (Fsp3) is 0. The molecule has 12 heavy (non-hydrogen) atoms. The first-order chi connectivity index (χ1) is 4.84. The Kier molecular flexibility index (Phi) is 8.18. The second-order valence-corrected chi connectivity index (χ2v) is 1.74. The van der Waals surface area contributed by atoms with Crippen molar-refractivity contribution in [1.29, 1.82) is 0 Å². The molecule has 0 bridgehead atoms. The van der Waals surface area contributed by atoms with Gasteiger partial charge >= 0.3 is 29.0 Å². The molecule has 0 aliphatic rings. The van der Waals surface area contributed by atoms with Gasteiger partial charge in [0.2, 0.25) is 0 Å². The second-order valence-electron chi connectivity index (χ2n) is 1.74. The molecule has 1 rings (SSSR count). The Labute approximate surface area is 88.5 Å². The van der Waals surface area contributed by atoms with Crippen LogP contribution >= 0.6 is 0 Å². The van der Waals surface area contributed by atoms with Crippen molar-refractivity contribution in [2.24, 2.45) is 0 Å². The summed E-state index contributed by atoms with van der Waals surface area (Å²) in [6.07, 6.45) is 0. The van der Waals surface area contributed by atoms with Crippen molar-refractivity contribution in [3.05, 3.63) is 35.9 Å². The van der Waals surface area contributed by atoms with Gasteiger partial charge in [-0.1, -0.05) is 18.2 Å². The van der Waals surface area contributed by atoms with Gasteiger partial charge in [-0.05, 0) is 12.1 Å². The first-order valence-electron chi connectivity index (χ1n) is 2.75. The summed E-state index contributed by atoms with van der Waals surface area (Å²) < 4.78 is 0. The Morgan fingerprint density at radius 2 is 1.83 bits per heavy atom. The maximum Gasteiger partial charge on any atom is 2.00 e. The summed E-state index contributed by atoms with van der Waals surface area (Å²) in [5.74, 6) is -0.736. The third kappa shape index (κ3) is 3.68. The van der Waals surface area contributed by atoms with Gasteiger partial charge in [-0.15, -0.1) is 0 Å². The normalized spacial score (nSPS) is 7.42. The van der Waals surface area contributed by atoms with Crippen molar-refractivity contribution in [3.8, 4) is 0 Å². The Morgan fingerprint density at radius 1 is 1.33 bits per heavy atom. The smallest absolute Gasteiger partial charge is 1.00 e. The van der Waals surface area contributed by atoms with Gasteiger partial charge < -0.3 is 8.33 Å². The third-order valence-corrected chi connectivity index (χ3v) is 1.09. The van der Waals surface area contributed by atoms with Gasteiger partial charge in [-0.2, -0.15) is 5.26 Å². The zero-order valence-electron chi connectivity index (χ0n) is 8.36. The molecule has 3 N–H and O–H groups in total. The van der Waals surface area contributed by atoms with Gasteiger partial charge in [-0.3, -0.25) is 4.89 Å². The van der Waals surface area contributed by atoms with Gasteiger partial charge in [0.05, 0.1) is 5.56 Å². The zero-order valence-corrected chi connectivity index (χ0v) is 7.77. The minimum absolute atomic E-state index is 0. The first-order valence-corrected chi connectivity index (χ1v) is 2.75. The molecule has 0 atom stereocenters. The maximum atomic E-state index is 10.5. The van der Waals surface area contributed by atoms with E-state index in [-0.39, 0.29) is 31.4 Å². The average Bonchev–Trinajstić information content (AvgIpc) is 2.05. The van der Waals surface area contributed by atoms with Crippen LogP contribution in [0.2, 0.25) is 0 Å². The molecule has 1 aromatic rings. The van der Waals surface area contributed by atoms with Gasteiger partial charge in [-0.25, -0.2) is 4.79 Å². The van der Waals surface area contributed by atoms with E-state index in [1.807, 2.05) is 0 Å². The van der Waals surface area contributed by atoms with Crippen LogP contribution in [0.1, 0.15) is 13.2 Å². The molecule has 0 saturated carbocycles. The molecule has 0 aromatic heterocycles. The van der Waals surface area contributed by atoms with Crippen molar-refractivity contribution >= 4 is 29.0 Å². The standard InChI is InChI=1S/C7H6O3.Mg.H2O.2H/c8-7(10-9)6-4-2-1-3-5-6;;;;/h1-5,9H;;1H2;;/q;+2;;2*-1. The van der Waals surface area contributed by atoms with Crippen LogP contribution in [0.3, 0.4) is 0 Å². The van der Waals surface area contributed by atoms with Crippen molar-refractivity contribution in [2.75, 3.05) is 0 Å². The molecule has 0 heterocycles. The van der Waals surface area contributed by atoms with Gasteiger partial charge in [0.15, 0.2) is 0 Å².